The minimum absolute atomic E-state index is 0. The van der Waals surface area contributed by atoms with Crippen LogP contribution in [0.15, 0.2) is 84.2 Å². The zero-order valence-electron chi connectivity index (χ0n) is 44.7. The van der Waals surface area contributed by atoms with Gasteiger partial charge in [0.05, 0.1) is 44.5 Å². The first-order valence-corrected chi connectivity index (χ1v) is 26.7. The molecule has 426 valence electrons. The van der Waals surface area contributed by atoms with Crippen LogP contribution in [-0.2, 0) is 52.7 Å². The number of aliphatic carboxylic acids is 1. The zero-order valence-corrected chi connectivity index (χ0v) is 46.2. The molecule has 4 aliphatic heterocycles. The molecule has 4 heterocycles. The third-order valence-corrected chi connectivity index (χ3v) is 13.9. The van der Waals surface area contributed by atoms with E-state index in [-0.39, 0.29) is 65.4 Å². The molecular formula is C59H84Cl2N4O12. The van der Waals surface area contributed by atoms with Crippen molar-refractivity contribution in [3.63, 3.8) is 0 Å². The highest BCUT2D eigenvalue weighted by Gasteiger charge is 2.56. The van der Waals surface area contributed by atoms with Crippen molar-refractivity contribution in [2.24, 2.45) is 22.1 Å². The zero-order chi connectivity index (χ0) is 55.1. The molecule has 2 saturated heterocycles. The molecule has 77 heavy (non-hydrogen) atoms. The van der Waals surface area contributed by atoms with Crippen molar-refractivity contribution in [3.8, 4) is 0 Å². The Morgan fingerprint density at radius 3 is 1.45 bits per heavy atom. The van der Waals surface area contributed by atoms with E-state index in [1.165, 1.54) is 16.9 Å². The maximum atomic E-state index is 13.9. The summed E-state index contributed by atoms with van der Waals surface area (Å²) in [6, 6.07) is 12.6. The maximum Gasteiger partial charge on any atom is 0.328 e. The Balaban J connectivity index is 0.000000395. The van der Waals surface area contributed by atoms with Gasteiger partial charge in [0.1, 0.15) is 23.3 Å². The standard InChI is InChI=1S/C29H39ClN2O6.C28H37ClN2O6.2CH4/c1-6-7-8-9-10-12-21(16-25(33)37-28(2,3)4)26(34)32-19-29(18-24(32)27(35)36-5)17-23(31-38-29)20-13-11-14-22(30)15-20;1-5-6-7-8-9-11-20(15-24(32)36-27(2,3)4)25(33)31-18-28(17-23(31)26(34)35)16-22(30-37-28)19-12-10-13-21(29)14-19;;/h6,11,13-15,21,24H,1,7-10,12,16-19H2,2-5H3;5,10,12-14,20,23H,1,6-9,11,15-18H2,2-4H3,(H,34,35);2*1H4/t21-,24+,29-;20-,23+,28-;;/m11../s1. The molecule has 16 nitrogen and oxygen atoms in total. The van der Waals surface area contributed by atoms with Crippen molar-refractivity contribution in [3.05, 3.63) is 95.0 Å². The fourth-order valence-electron chi connectivity index (χ4n) is 9.98. The predicted octanol–water partition coefficient (Wildman–Crippen LogP) is 12.1. The second-order valence-corrected chi connectivity index (χ2v) is 22.9. The van der Waals surface area contributed by atoms with Crippen molar-refractivity contribution in [2.45, 2.75) is 194 Å². The first kappa shape index (κ1) is 65.5. The van der Waals surface area contributed by atoms with Gasteiger partial charge in [-0.05, 0) is 104 Å². The number of methoxy groups -OCH3 is 1. The summed E-state index contributed by atoms with van der Waals surface area (Å²) in [7, 11) is 1.30. The van der Waals surface area contributed by atoms with Crippen LogP contribution in [0, 0.1) is 11.8 Å². The molecule has 2 spiro atoms. The van der Waals surface area contributed by atoms with Crippen LogP contribution in [0.25, 0.3) is 0 Å². The normalized spacial score (nSPS) is 21.2. The molecule has 0 radical (unpaired) electrons. The molecule has 6 atom stereocenters. The Morgan fingerprint density at radius 1 is 0.688 bits per heavy atom. The van der Waals surface area contributed by atoms with E-state index >= 15 is 0 Å². The molecule has 2 fully saturated rings. The van der Waals surface area contributed by atoms with Gasteiger partial charge in [-0.25, -0.2) is 9.59 Å². The van der Waals surface area contributed by atoms with Gasteiger partial charge in [-0.1, -0.05) is 110 Å². The molecule has 4 aliphatic rings. The van der Waals surface area contributed by atoms with Crippen LogP contribution in [0.4, 0.5) is 0 Å². The molecule has 0 saturated carbocycles. The predicted molar refractivity (Wildman–Crippen MR) is 301 cm³/mol. The number of benzene rings is 2. The SMILES string of the molecule is C.C.C=CCCCCC[C@H](CC(=O)OC(C)(C)C)C(=O)N1C[C@@]2(CC(c3cccc(Cl)c3)=NO2)C[C@H]1C(=O)O.C=CCCCCC[C@H](CC(=O)OC(C)(C)C)C(=O)N1C[C@@]2(CC(c3cccc(Cl)c3)=NO2)C[C@H]1C(=O)OC. The summed E-state index contributed by atoms with van der Waals surface area (Å²) in [6.45, 7) is 18.4. The number of carboxylic acid groups (broad SMARTS) is 1. The Morgan fingerprint density at radius 2 is 1.09 bits per heavy atom. The number of carbonyl (C=O) groups excluding carboxylic acids is 5. The smallest absolute Gasteiger partial charge is 0.328 e. The Hall–Kier alpha value is -5.74. The van der Waals surface area contributed by atoms with Gasteiger partial charge in [-0.3, -0.25) is 19.2 Å². The molecule has 0 unspecified atom stereocenters. The number of rotatable bonds is 22. The van der Waals surface area contributed by atoms with E-state index in [9.17, 15) is 33.9 Å². The van der Waals surface area contributed by atoms with Crippen molar-refractivity contribution < 1.29 is 57.8 Å². The van der Waals surface area contributed by atoms with E-state index in [1.807, 2.05) is 42.5 Å². The lowest BCUT2D eigenvalue weighted by Gasteiger charge is -2.28. The Labute approximate surface area is 466 Å². The highest BCUT2D eigenvalue weighted by Crippen LogP contribution is 2.42. The average Bonchev–Trinajstić information content (AvgIpc) is 4.14. The lowest BCUT2D eigenvalue weighted by atomic mass is 9.92. The van der Waals surface area contributed by atoms with E-state index in [2.05, 4.69) is 23.5 Å². The maximum absolute atomic E-state index is 13.9. The van der Waals surface area contributed by atoms with Crippen LogP contribution in [0.3, 0.4) is 0 Å². The third-order valence-electron chi connectivity index (χ3n) is 13.4. The second kappa shape index (κ2) is 29.3. The van der Waals surface area contributed by atoms with Gasteiger partial charge in [-0.15, -0.1) is 13.2 Å². The number of hydrogen-bond donors (Lipinski definition) is 1. The van der Waals surface area contributed by atoms with Gasteiger partial charge >= 0.3 is 23.9 Å². The summed E-state index contributed by atoms with van der Waals surface area (Å²) in [6.07, 6.45) is 12.7. The van der Waals surface area contributed by atoms with Crippen LogP contribution in [0.1, 0.15) is 170 Å². The number of oxime groups is 2. The highest BCUT2D eigenvalue weighted by atomic mass is 35.5. The summed E-state index contributed by atoms with van der Waals surface area (Å²) < 4.78 is 16.0. The first-order valence-electron chi connectivity index (χ1n) is 26.0. The van der Waals surface area contributed by atoms with Crippen molar-refractivity contribution >= 4 is 70.3 Å². The number of unbranched alkanes of at least 4 members (excludes halogenated alkanes) is 6. The van der Waals surface area contributed by atoms with E-state index in [0.717, 1.165) is 62.5 Å². The second-order valence-electron chi connectivity index (χ2n) is 22.1. The topological polar surface area (TPSA) is 200 Å². The average molecular weight is 1110 g/mol. The lowest BCUT2D eigenvalue weighted by Crippen LogP contribution is -2.45. The molecule has 0 aromatic heterocycles. The number of carboxylic acids is 1. The molecule has 1 N–H and O–H groups in total. The third kappa shape index (κ3) is 19.3. The van der Waals surface area contributed by atoms with Crippen LogP contribution < -0.4 is 0 Å². The number of allylic oxidation sites excluding steroid dienone is 2. The van der Waals surface area contributed by atoms with Crippen molar-refractivity contribution in [1.82, 2.24) is 9.80 Å². The van der Waals surface area contributed by atoms with Crippen molar-refractivity contribution in [1.29, 1.82) is 0 Å². The van der Waals surface area contributed by atoms with Crippen LogP contribution in [0.2, 0.25) is 10.0 Å². The number of amides is 2. The molecule has 18 heteroatoms. The summed E-state index contributed by atoms with van der Waals surface area (Å²) >= 11 is 12.3. The number of esters is 3. The van der Waals surface area contributed by atoms with Gasteiger partial charge in [0.25, 0.3) is 0 Å². The fourth-order valence-corrected chi connectivity index (χ4v) is 10.4. The van der Waals surface area contributed by atoms with Gasteiger partial charge in [0.15, 0.2) is 11.2 Å². The Kier molecular flexibility index (Phi) is 24.9. The van der Waals surface area contributed by atoms with Crippen LogP contribution >= 0.6 is 23.2 Å². The van der Waals surface area contributed by atoms with E-state index in [0.29, 0.717) is 47.2 Å². The molecule has 2 aromatic carbocycles. The van der Waals surface area contributed by atoms with Gasteiger partial charge in [-0.2, -0.15) is 0 Å². The summed E-state index contributed by atoms with van der Waals surface area (Å²) in [4.78, 5) is 92.6. The summed E-state index contributed by atoms with van der Waals surface area (Å²) in [5, 5.41) is 19.6. The fraction of sp³-hybridized carbons (Fsp3) is 0.593. The number of nitrogens with zero attached hydrogens (tertiary/aromatic N) is 4. The lowest BCUT2D eigenvalue weighted by molar-refractivity contribution is -0.160. The molecule has 2 amide bonds. The van der Waals surface area contributed by atoms with Crippen LogP contribution in [0.5, 0.6) is 0 Å². The quantitative estimate of drug-likeness (QED) is 0.0507. The van der Waals surface area contributed by atoms with Gasteiger partial charge in [0.2, 0.25) is 11.8 Å². The molecule has 0 aliphatic carbocycles. The number of ether oxygens (including phenoxy) is 3. The highest BCUT2D eigenvalue weighted by molar-refractivity contribution is 6.31. The number of likely N-dealkylation sites (tertiary alicyclic amines) is 2. The number of carbonyl (C=O) groups is 6. The summed E-state index contributed by atoms with van der Waals surface area (Å²) in [5.41, 5.74) is -0.136. The van der Waals surface area contributed by atoms with E-state index < -0.39 is 70.2 Å². The molecular weight excluding hydrogens is 1030 g/mol. The minimum Gasteiger partial charge on any atom is -0.480 e. The number of hydrogen-bond acceptors (Lipinski definition) is 13. The first-order chi connectivity index (χ1) is 35.4. The van der Waals surface area contributed by atoms with Gasteiger partial charge < -0.3 is 38.8 Å². The molecule has 6 rings (SSSR count). The molecule has 2 aromatic rings. The van der Waals surface area contributed by atoms with Gasteiger partial charge in [0, 0.05) is 58.7 Å². The monoisotopic (exact) mass is 1110 g/mol. The minimum atomic E-state index is -1.10. The number of halogens is 2. The van der Waals surface area contributed by atoms with Crippen molar-refractivity contribution in [2.75, 3.05) is 20.2 Å². The van der Waals surface area contributed by atoms with E-state index in [1.54, 1.807) is 59.7 Å². The summed E-state index contributed by atoms with van der Waals surface area (Å²) in [5.74, 6) is -4.46. The Bertz CT molecular complexity index is 2450. The van der Waals surface area contributed by atoms with Crippen LogP contribution in [-0.4, -0.2) is 117 Å². The largest absolute Gasteiger partial charge is 0.480 e. The molecule has 0 bridgehead atoms. The van der Waals surface area contributed by atoms with E-state index in [4.69, 9.17) is 47.1 Å².